The standard InChI is InChI=1S/C11H16N2O/c1-9-4-3-5-10(13-9)6-11(14-2)7-12-8-11/h3-5,12H,6-8H2,1-2H3. The maximum absolute atomic E-state index is 5.52. The quantitative estimate of drug-likeness (QED) is 0.773. The number of aryl methyl sites for hydroxylation is 1. The highest BCUT2D eigenvalue weighted by Gasteiger charge is 2.37. The van der Waals surface area contributed by atoms with Gasteiger partial charge in [-0.25, -0.2) is 0 Å². The molecule has 0 saturated carbocycles. The van der Waals surface area contributed by atoms with Crippen LogP contribution in [-0.4, -0.2) is 30.8 Å². The lowest BCUT2D eigenvalue weighted by Gasteiger charge is -2.41. The molecule has 0 aliphatic carbocycles. The molecule has 3 nitrogen and oxygen atoms in total. The Balaban J connectivity index is 2.09. The van der Waals surface area contributed by atoms with Crippen molar-refractivity contribution in [3.63, 3.8) is 0 Å². The molecule has 0 amide bonds. The van der Waals surface area contributed by atoms with Gasteiger partial charge < -0.3 is 10.1 Å². The van der Waals surface area contributed by atoms with Gasteiger partial charge in [-0.2, -0.15) is 0 Å². The third-order valence-electron chi connectivity index (χ3n) is 2.78. The second-order valence-electron chi connectivity index (χ2n) is 3.94. The van der Waals surface area contributed by atoms with Crippen LogP contribution >= 0.6 is 0 Å². The summed E-state index contributed by atoms with van der Waals surface area (Å²) in [6.07, 6.45) is 0.901. The van der Waals surface area contributed by atoms with Gasteiger partial charge in [0.2, 0.25) is 0 Å². The van der Waals surface area contributed by atoms with Gasteiger partial charge in [-0.3, -0.25) is 4.98 Å². The lowest BCUT2D eigenvalue weighted by molar-refractivity contribution is -0.0508. The average Bonchev–Trinajstić information content (AvgIpc) is 2.11. The molecule has 0 spiro atoms. The Kier molecular flexibility index (Phi) is 2.52. The molecule has 1 aliphatic rings. The lowest BCUT2D eigenvalue weighted by atomic mass is 9.91. The van der Waals surface area contributed by atoms with E-state index < -0.39 is 0 Å². The van der Waals surface area contributed by atoms with Gasteiger partial charge in [0.1, 0.15) is 0 Å². The molecular formula is C11H16N2O. The molecule has 2 rings (SSSR count). The molecule has 0 aromatic carbocycles. The third kappa shape index (κ3) is 1.79. The minimum Gasteiger partial charge on any atom is -0.375 e. The average molecular weight is 192 g/mol. The van der Waals surface area contributed by atoms with Gasteiger partial charge in [-0.1, -0.05) is 6.07 Å². The first-order chi connectivity index (χ1) is 6.74. The highest BCUT2D eigenvalue weighted by atomic mass is 16.5. The lowest BCUT2D eigenvalue weighted by Crippen LogP contribution is -2.62. The molecule has 0 radical (unpaired) electrons. The smallest absolute Gasteiger partial charge is 0.0981 e. The molecular weight excluding hydrogens is 176 g/mol. The first-order valence-electron chi connectivity index (χ1n) is 4.92. The topological polar surface area (TPSA) is 34.1 Å². The number of ether oxygens (including phenoxy) is 1. The van der Waals surface area contributed by atoms with Crippen LogP contribution in [0.2, 0.25) is 0 Å². The number of hydrogen-bond donors (Lipinski definition) is 1. The fourth-order valence-corrected chi connectivity index (χ4v) is 1.77. The van der Waals surface area contributed by atoms with Crippen molar-refractivity contribution >= 4 is 0 Å². The van der Waals surface area contributed by atoms with Crippen molar-refractivity contribution in [1.82, 2.24) is 10.3 Å². The zero-order valence-electron chi connectivity index (χ0n) is 8.71. The Hall–Kier alpha value is -0.930. The van der Waals surface area contributed by atoms with Gasteiger partial charge in [0.15, 0.2) is 0 Å². The third-order valence-corrected chi connectivity index (χ3v) is 2.78. The summed E-state index contributed by atoms with van der Waals surface area (Å²) in [5.74, 6) is 0. The summed E-state index contributed by atoms with van der Waals surface area (Å²) in [6, 6.07) is 6.13. The molecule has 0 bridgehead atoms. The van der Waals surface area contributed by atoms with Crippen molar-refractivity contribution in [2.24, 2.45) is 0 Å². The first kappa shape index (κ1) is 9.62. The van der Waals surface area contributed by atoms with Crippen molar-refractivity contribution in [2.75, 3.05) is 20.2 Å². The molecule has 1 aromatic rings. The van der Waals surface area contributed by atoms with Crippen LogP contribution < -0.4 is 5.32 Å². The molecule has 1 fully saturated rings. The summed E-state index contributed by atoms with van der Waals surface area (Å²) in [7, 11) is 1.77. The maximum Gasteiger partial charge on any atom is 0.0981 e. The molecule has 3 heteroatoms. The molecule has 1 saturated heterocycles. The summed E-state index contributed by atoms with van der Waals surface area (Å²) in [6.45, 7) is 3.88. The SMILES string of the molecule is COC1(Cc2cccc(C)n2)CNC1. The molecule has 2 heterocycles. The van der Waals surface area contributed by atoms with E-state index >= 15 is 0 Å². The van der Waals surface area contributed by atoms with E-state index in [-0.39, 0.29) is 5.60 Å². The van der Waals surface area contributed by atoms with Crippen LogP contribution in [0, 0.1) is 6.92 Å². The Bertz CT molecular complexity index is 315. The van der Waals surface area contributed by atoms with Gasteiger partial charge in [-0.05, 0) is 19.1 Å². The summed E-state index contributed by atoms with van der Waals surface area (Å²) in [4.78, 5) is 4.48. The second kappa shape index (κ2) is 3.67. The number of pyridine rings is 1. The van der Waals surface area contributed by atoms with Crippen LogP contribution in [0.25, 0.3) is 0 Å². The van der Waals surface area contributed by atoms with Crippen molar-refractivity contribution in [2.45, 2.75) is 18.9 Å². The van der Waals surface area contributed by atoms with Crippen LogP contribution in [-0.2, 0) is 11.2 Å². The van der Waals surface area contributed by atoms with Gasteiger partial charge >= 0.3 is 0 Å². The number of nitrogens with one attached hydrogen (secondary N) is 1. The molecule has 0 unspecified atom stereocenters. The Labute approximate surface area is 84.5 Å². The Morgan fingerprint density at radius 2 is 2.29 bits per heavy atom. The van der Waals surface area contributed by atoms with Crippen molar-refractivity contribution < 1.29 is 4.74 Å². The number of rotatable bonds is 3. The fraction of sp³-hybridized carbons (Fsp3) is 0.545. The van der Waals surface area contributed by atoms with Crippen LogP contribution in [0.1, 0.15) is 11.4 Å². The number of hydrogen-bond acceptors (Lipinski definition) is 3. The largest absolute Gasteiger partial charge is 0.375 e. The highest BCUT2D eigenvalue weighted by molar-refractivity contribution is 5.14. The summed E-state index contributed by atoms with van der Waals surface area (Å²) < 4.78 is 5.52. The van der Waals surface area contributed by atoms with E-state index in [1.165, 1.54) is 0 Å². The molecule has 1 aromatic heterocycles. The van der Waals surface area contributed by atoms with Gasteiger partial charge in [-0.15, -0.1) is 0 Å². The summed E-state index contributed by atoms with van der Waals surface area (Å²) in [5.41, 5.74) is 2.18. The Morgan fingerprint density at radius 3 is 2.79 bits per heavy atom. The highest BCUT2D eigenvalue weighted by Crippen LogP contribution is 2.20. The van der Waals surface area contributed by atoms with Gasteiger partial charge in [0.05, 0.1) is 5.60 Å². The number of nitrogens with zero attached hydrogens (tertiary/aromatic N) is 1. The zero-order chi connectivity index (χ0) is 10.0. The van der Waals surface area contributed by atoms with E-state index in [0.29, 0.717) is 0 Å². The zero-order valence-corrected chi connectivity index (χ0v) is 8.71. The van der Waals surface area contributed by atoms with E-state index in [2.05, 4.69) is 16.4 Å². The minimum atomic E-state index is -0.0131. The molecule has 1 N–H and O–H groups in total. The maximum atomic E-state index is 5.52. The summed E-state index contributed by atoms with van der Waals surface area (Å²) >= 11 is 0. The molecule has 76 valence electrons. The Morgan fingerprint density at radius 1 is 1.50 bits per heavy atom. The van der Waals surface area contributed by atoms with Gasteiger partial charge in [0.25, 0.3) is 0 Å². The minimum absolute atomic E-state index is 0.0131. The van der Waals surface area contributed by atoms with Crippen molar-refractivity contribution in [3.05, 3.63) is 29.6 Å². The molecule has 0 atom stereocenters. The van der Waals surface area contributed by atoms with Crippen LogP contribution in [0.4, 0.5) is 0 Å². The van der Waals surface area contributed by atoms with Crippen molar-refractivity contribution in [3.8, 4) is 0 Å². The molecule has 1 aliphatic heterocycles. The normalized spacial score (nSPS) is 19.0. The van der Waals surface area contributed by atoms with E-state index in [0.717, 1.165) is 30.9 Å². The summed E-state index contributed by atoms with van der Waals surface area (Å²) in [5, 5.41) is 3.24. The van der Waals surface area contributed by atoms with E-state index in [9.17, 15) is 0 Å². The van der Waals surface area contributed by atoms with Crippen LogP contribution in [0.15, 0.2) is 18.2 Å². The first-order valence-corrected chi connectivity index (χ1v) is 4.92. The predicted molar refractivity (Wildman–Crippen MR) is 55.3 cm³/mol. The monoisotopic (exact) mass is 192 g/mol. The van der Waals surface area contributed by atoms with E-state index in [1.54, 1.807) is 7.11 Å². The number of methoxy groups -OCH3 is 1. The van der Waals surface area contributed by atoms with Gasteiger partial charge in [0, 0.05) is 38.0 Å². The van der Waals surface area contributed by atoms with E-state index in [1.807, 2.05) is 19.1 Å². The molecule has 14 heavy (non-hydrogen) atoms. The predicted octanol–water partition coefficient (Wildman–Crippen LogP) is 0.921. The van der Waals surface area contributed by atoms with E-state index in [4.69, 9.17) is 4.74 Å². The number of aromatic nitrogens is 1. The van der Waals surface area contributed by atoms with Crippen LogP contribution in [0.5, 0.6) is 0 Å². The van der Waals surface area contributed by atoms with Crippen LogP contribution in [0.3, 0.4) is 0 Å². The second-order valence-corrected chi connectivity index (χ2v) is 3.94. The fourth-order valence-electron chi connectivity index (χ4n) is 1.77. The van der Waals surface area contributed by atoms with Crippen molar-refractivity contribution in [1.29, 1.82) is 0 Å².